The number of nitro groups is 1. The Kier molecular flexibility index (Phi) is 6.72. The second-order valence-corrected chi connectivity index (χ2v) is 8.18. The van der Waals surface area contributed by atoms with Gasteiger partial charge in [0.1, 0.15) is 6.04 Å². The van der Waals surface area contributed by atoms with Crippen LogP contribution in [0.2, 0.25) is 5.02 Å². The molecule has 3 rings (SSSR count). The van der Waals surface area contributed by atoms with Crippen LogP contribution >= 0.6 is 11.6 Å². The molecule has 2 N–H and O–H groups in total. The summed E-state index contributed by atoms with van der Waals surface area (Å²) in [5.41, 5.74) is 2.23. The minimum absolute atomic E-state index is 0.0363. The van der Waals surface area contributed by atoms with Gasteiger partial charge in [-0.25, -0.2) is 0 Å². The molecule has 0 saturated heterocycles. The molecule has 7 nitrogen and oxygen atoms in total. The minimum atomic E-state index is -0.766. The van der Waals surface area contributed by atoms with Crippen molar-refractivity contribution in [3.8, 4) is 0 Å². The zero-order chi connectivity index (χ0) is 21.8. The van der Waals surface area contributed by atoms with E-state index in [1.54, 1.807) is 0 Å². The molecule has 1 aliphatic carbocycles. The van der Waals surface area contributed by atoms with Gasteiger partial charge in [0.25, 0.3) is 11.6 Å². The second kappa shape index (κ2) is 9.26. The third-order valence-electron chi connectivity index (χ3n) is 5.33. The van der Waals surface area contributed by atoms with E-state index in [2.05, 4.69) is 16.7 Å². The van der Waals surface area contributed by atoms with Gasteiger partial charge in [-0.3, -0.25) is 19.7 Å². The van der Waals surface area contributed by atoms with Crippen LogP contribution in [-0.2, 0) is 11.2 Å². The van der Waals surface area contributed by atoms with E-state index in [-0.39, 0.29) is 34.1 Å². The maximum Gasteiger partial charge on any atom is 0.270 e. The number of halogens is 1. The molecule has 0 saturated carbocycles. The van der Waals surface area contributed by atoms with Crippen molar-refractivity contribution in [2.75, 3.05) is 0 Å². The molecule has 1 aliphatic rings. The van der Waals surface area contributed by atoms with Crippen molar-refractivity contribution in [3.05, 3.63) is 74.3 Å². The summed E-state index contributed by atoms with van der Waals surface area (Å²) in [6.07, 6.45) is 2.82. The summed E-state index contributed by atoms with van der Waals surface area (Å²) >= 11 is 6.06. The lowest BCUT2D eigenvalue weighted by molar-refractivity contribution is -0.384. The van der Waals surface area contributed by atoms with E-state index < -0.39 is 16.9 Å². The number of nitro benzene ring substituents is 1. The third-order valence-corrected chi connectivity index (χ3v) is 5.64. The van der Waals surface area contributed by atoms with Gasteiger partial charge < -0.3 is 10.6 Å². The monoisotopic (exact) mass is 429 g/mol. The number of nitrogens with zero attached hydrogens (tertiary/aromatic N) is 1. The molecule has 0 heterocycles. The topological polar surface area (TPSA) is 101 Å². The number of benzene rings is 2. The Balaban J connectivity index is 1.74. The SMILES string of the molecule is CC(C)[C@H](NC(=O)c1ccc([N+](=O)[O-])cc1Cl)C(=O)NC1CCCc2ccccc21. The molecule has 1 unspecified atom stereocenters. The average Bonchev–Trinajstić information content (AvgIpc) is 2.71. The first-order valence-corrected chi connectivity index (χ1v) is 10.3. The molecule has 158 valence electrons. The third kappa shape index (κ3) is 4.79. The lowest BCUT2D eigenvalue weighted by Gasteiger charge is -2.29. The number of aryl methyl sites for hydroxylation is 1. The molecular formula is C22H24ClN3O4. The molecule has 30 heavy (non-hydrogen) atoms. The Hall–Kier alpha value is -2.93. The van der Waals surface area contributed by atoms with Crippen molar-refractivity contribution in [3.63, 3.8) is 0 Å². The van der Waals surface area contributed by atoms with E-state index in [1.807, 2.05) is 32.0 Å². The highest BCUT2D eigenvalue weighted by molar-refractivity contribution is 6.34. The Labute approximate surface area is 180 Å². The van der Waals surface area contributed by atoms with Crippen LogP contribution in [0.3, 0.4) is 0 Å². The van der Waals surface area contributed by atoms with E-state index in [0.717, 1.165) is 30.9 Å². The second-order valence-electron chi connectivity index (χ2n) is 7.77. The predicted octanol–water partition coefficient (Wildman–Crippen LogP) is 4.20. The molecule has 0 aromatic heterocycles. The van der Waals surface area contributed by atoms with Crippen LogP contribution in [0.15, 0.2) is 42.5 Å². The van der Waals surface area contributed by atoms with E-state index in [1.165, 1.54) is 17.7 Å². The molecule has 0 aliphatic heterocycles. The van der Waals surface area contributed by atoms with Gasteiger partial charge in [0.05, 0.1) is 21.6 Å². The van der Waals surface area contributed by atoms with Gasteiger partial charge in [-0.2, -0.15) is 0 Å². The summed E-state index contributed by atoms with van der Waals surface area (Å²) in [5, 5.41) is 16.6. The predicted molar refractivity (Wildman–Crippen MR) is 114 cm³/mol. The molecule has 0 spiro atoms. The van der Waals surface area contributed by atoms with Gasteiger partial charge >= 0.3 is 0 Å². The van der Waals surface area contributed by atoms with Crippen LogP contribution in [-0.4, -0.2) is 22.8 Å². The maximum absolute atomic E-state index is 13.0. The Bertz CT molecular complexity index is 977. The molecule has 2 amide bonds. The average molecular weight is 430 g/mol. The van der Waals surface area contributed by atoms with E-state index in [9.17, 15) is 19.7 Å². The summed E-state index contributed by atoms with van der Waals surface area (Å²) in [6, 6.07) is 10.8. The highest BCUT2D eigenvalue weighted by Gasteiger charge is 2.29. The summed E-state index contributed by atoms with van der Waals surface area (Å²) < 4.78 is 0. The van der Waals surface area contributed by atoms with Crippen molar-refractivity contribution in [2.45, 2.75) is 45.2 Å². The fourth-order valence-corrected chi connectivity index (χ4v) is 3.98. The summed E-state index contributed by atoms with van der Waals surface area (Å²) in [6.45, 7) is 3.69. The number of hydrogen-bond donors (Lipinski definition) is 2. The van der Waals surface area contributed by atoms with Crippen LogP contribution in [0, 0.1) is 16.0 Å². The van der Waals surface area contributed by atoms with E-state index >= 15 is 0 Å². The van der Waals surface area contributed by atoms with E-state index in [4.69, 9.17) is 11.6 Å². The van der Waals surface area contributed by atoms with Crippen LogP contribution in [0.5, 0.6) is 0 Å². The minimum Gasteiger partial charge on any atom is -0.347 e. The van der Waals surface area contributed by atoms with Crippen molar-refractivity contribution < 1.29 is 14.5 Å². The first-order valence-electron chi connectivity index (χ1n) is 9.91. The zero-order valence-corrected chi connectivity index (χ0v) is 17.6. The normalized spacial score (nSPS) is 16.5. The van der Waals surface area contributed by atoms with Gasteiger partial charge in [0.2, 0.25) is 5.91 Å². The molecule has 2 atom stereocenters. The first kappa shape index (κ1) is 21.8. The van der Waals surface area contributed by atoms with E-state index in [0.29, 0.717) is 0 Å². The first-order chi connectivity index (χ1) is 14.3. The maximum atomic E-state index is 13.0. The lowest BCUT2D eigenvalue weighted by atomic mass is 9.87. The molecule has 2 aromatic carbocycles. The lowest BCUT2D eigenvalue weighted by Crippen LogP contribution is -2.50. The van der Waals surface area contributed by atoms with Gasteiger partial charge in [0, 0.05) is 12.1 Å². The molecule has 0 bridgehead atoms. The van der Waals surface area contributed by atoms with Gasteiger partial charge in [-0.1, -0.05) is 49.7 Å². The summed E-state index contributed by atoms with van der Waals surface area (Å²) in [7, 11) is 0. The zero-order valence-electron chi connectivity index (χ0n) is 16.9. The highest BCUT2D eigenvalue weighted by atomic mass is 35.5. The Morgan fingerprint density at radius 3 is 2.60 bits per heavy atom. The van der Waals surface area contributed by atoms with Crippen molar-refractivity contribution in [1.29, 1.82) is 0 Å². The Morgan fingerprint density at radius 2 is 1.93 bits per heavy atom. The number of fused-ring (bicyclic) bond motifs is 1. The molecular weight excluding hydrogens is 406 g/mol. The highest BCUT2D eigenvalue weighted by Crippen LogP contribution is 2.29. The molecule has 2 aromatic rings. The van der Waals surface area contributed by atoms with Crippen LogP contribution in [0.1, 0.15) is 54.2 Å². The van der Waals surface area contributed by atoms with Crippen LogP contribution in [0.4, 0.5) is 5.69 Å². The number of hydrogen-bond acceptors (Lipinski definition) is 4. The Morgan fingerprint density at radius 1 is 1.20 bits per heavy atom. The largest absolute Gasteiger partial charge is 0.347 e. The van der Waals surface area contributed by atoms with Gasteiger partial charge in [0.15, 0.2) is 0 Å². The van der Waals surface area contributed by atoms with Gasteiger partial charge in [-0.05, 0) is 42.4 Å². The summed E-state index contributed by atoms with van der Waals surface area (Å²) in [5.74, 6) is -0.976. The smallest absolute Gasteiger partial charge is 0.270 e. The standard InChI is InChI=1S/C22H24ClN3O4/c1-13(2)20(25-21(27)17-11-10-15(26(29)30)12-18(17)23)22(28)24-19-9-5-7-14-6-3-4-8-16(14)19/h3-4,6,8,10-13,19-20H,5,7,9H2,1-2H3,(H,24,28)(H,25,27)/t19?,20-/m0/s1. The van der Waals surface area contributed by atoms with Crippen LogP contribution in [0.25, 0.3) is 0 Å². The fourth-order valence-electron chi connectivity index (χ4n) is 3.72. The van der Waals surface area contributed by atoms with Crippen molar-refractivity contribution in [2.24, 2.45) is 5.92 Å². The number of carbonyl (C=O) groups is 2. The van der Waals surface area contributed by atoms with Crippen LogP contribution < -0.4 is 10.6 Å². The number of nitrogens with one attached hydrogen (secondary N) is 2. The fraction of sp³-hybridized carbons (Fsp3) is 0.364. The quantitative estimate of drug-likeness (QED) is 0.530. The van der Waals surface area contributed by atoms with Gasteiger partial charge in [-0.15, -0.1) is 0 Å². The molecule has 8 heteroatoms. The number of amides is 2. The van der Waals surface area contributed by atoms with Crippen molar-refractivity contribution >= 4 is 29.1 Å². The molecule has 0 radical (unpaired) electrons. The molecule has 0 fully saturated rings. The van der Waals surface area contributed by atoms with Crippen molar-refractivity contribution in [1.82, 2.24) is 10.6 Å². The number of rotatable bonds is 6. The number of carbonyl (C=O) groups excluding carboxylic acids is 2. The number of non-ortho nitro benzene ring substituents is 1. The summed E-state index contributed by atoms with van der Waals surface area (Å²) in [4.78, 5) is 36.0.